The van der Waals surface area contributed by atoms with Crippen LogP contribution in [0.4, 0.5) is 0 Å². The van der Waals surface area contributed by atoms with E-state index in [-0.39, 0.29) is 5.91 Å². The summed E-state index contributed by atoms with van der Waals surface area (Å²) in [6.45, 7) is 7.77. The number of nitrogens with zero attached hydrogens (tertiary/aromatic N) is 1. The van der Waals surface area contributed by atoms with Crippen molar-refractivity contribution in [3.8, 4) is 0 Å². The number of carbonyl (C=O) groups excluding carboxylic acids is 1. The van der Waals surface area contributed by atoms with E-state index in [9.17, 15) is 4.79 Å². The topological polar surface area (TPSA) is 32.3 Å². The van der Waals surface area contributed by atoms with Crippen molar-refractivity contribution in [1.29, 1.82) is 0 Å². The lowest BCUT2D eigenvalue weighted by Crippen LogP contribution is -2.56. The molecule has 0 unspecified atom stereocenters. The van der Waals surface area contributed by atoms with Crippen LogP contribution in [0.25, 0.3) is 0 Å². The minimum Gasteiger partial charge on any atom is -0.349 e. The van der Waals surface area contributed by atoms with Crippen molar-refractivity contribution in [1.82, 2.24) is 10.2 Å². The van der Waals surface area contributed by atoms with Gasteiger partial charge < -0.3 is 10.2 Å². The molecule has 4 aliphatic rings. The molecule has 1 N–H and O–H groups in total. The highest BCUT2D eigenvalue weighted by atomic mass is 16.1. The Morgan fingerprint density at radius 1 is 0.939 bits per heavy atom. The second-order valence-electron chi connectivity index (χ2n) is 12.9. The van der Waals surface area contributed by atoms with E-state index in [4.69, 9.17) is 0 Å². The van der Waals surface area contributed by atoms with E-state index in [1.807, 2.05) is 30.3 Å². The summed E-state index contributed by atoms with van der Waals surface area (Å²) in [7, 11) is 4.54. The number of nitrogens with one attached hydrogen (secondary N) is 1. The number of fused-ring (bicyclic) bond motifs is 5. The van der Waals surface area contributed by atoms with Gasteiger partial charge in [0.2, 0.25) is 0 Å². The van der Waals surface area contributed by atoms with Crippen molar-refractivity contribution in [2.75, 3.05) is 14.1 Å². The Morgan fingerprint density at radius 2 is 1.64 bits per heavy atom. The van der Waals surface area contributed by atoms with Gasteiger partial charge in [-0.05, 0) is 131 Å². The van der Waals surface area contributed by atoms with Gasteiger partial charge in [0.25, 0.3) is 5.91 Å². The summed E-state index contributed by atoms with van der Waals surface area (Å²) in [5, 5.41) is 3.39. The van der Waals surface area contributed by atoms with Crippen LogP contribution in [-0.4, -0.2) is 37.0 Å². The van der Waals surface area contributed by atoms with Gasteiger partial charge in [0, 0.05) is 17.6 Å². The van der Waals surface area contributed by atoms with Crippen molar-refractivity contribution >= 4 is 5.91 Å². The summed E-state index contributed by atoms with van der Waals surface area (Å²) in [5.41, 5.74) is 1.81. The van der Waals surface area contributed by atoms with Gasteiger partial charge >= 0.3 is 0 Å². The number of benzene rings is 1. The van der Waals surface area contributed by atoms with E-state index in [1.54, 1.807) is 0 Å². The molecule has 1 aromatic rings. The average Bonchev–Trinajstić information content (AvgIpc) is 3.16. The molecule has 5 rings (SSSR count). The molecule has 3 heteroatoms. The van der Waals surface area contributed by atoms with Crippen LogP contribution < -0.4 is 5.32 Å². The van der Waals surface area contributed by atoms with E-state index in [2.05, 4.69) is 45.1 Å². The Hall–Kier alpha value is -1.35. The fourth-order valence-electron chi connectivity index (χ4n) is 9.44. The highest BCUT2D eigenvalue weighted by Gasteiger charge is 2.60. The van der Waals surface area contributed by atoms with Gasteiger partial charge in [0.1, 0.15) is 0 Å². The van der Waals surface area contributed by atoms with Crippen LogP contribution in [-0.2, 0) is 0 Å². The highest BCUT2D eigenvalue weighted by Crippen LogP contribution is 2.67. The summed E-state index contributed by atoms with van der Waals surface area (Å²) in [6, 6.07) is 10.8. The first kappa shape index (κ1) is 23.4. The molecular formula is C30H46N2O. The minimum atomic E-state index is 0.110. The van der Waals surface area contributed by atoms with E-state index in [0.29, 0.717) is 22.9 Å². The maximum absolute atomic E-state index is 12.8. The van der Waals surface area contributed by atoms with E-state index in [1.165, 1.54) is 51.4 Å². The van der Waals surface area contributed by atoms with Gasteiger partial charge in [0.15, 0.2) is 0 Å². The lowest BCUT2D eigenvalue weighted by Gasteiger charge is -2.61. The van der Waals surface area contributed by atoms with Gasteiger partial charge in [-0.2, -0.15) is 0 Å². The first-order valence-corrected chi connectivity index (χ1v) is 13.8. The van der Waals surface area contributed by atoms with Gasteiger partial charge in [-0.25, -0.2) is 0 Å². The third-order valence-corrected chi connectivity index (χ3v) is 11.5. The quantitative estimate of drug-likeness (QED) is 0.576. The summed E-state index contributed by atoms with van der Waals surface area (Å²) >= 11 is 0. The zero-order valence-corrected chi connectivity index (χ0v) is 21.6. The van der Waals surface area contributed by atoms with Crippen LogP contribution in [0.2, 0.25) is 0 Å². The molecule has 0 radical (unpaired) electrons. The predicted molar refractivity (Wildman–Crippen MR) is 136 cm³/mol. The molecule has 4 saturated carbocycles. The molecule has 0 heterocycles. The van der Waals surface area contributed by atoms with Crippen LogP contribution >= 0.6 is 0 Å². The lowest BCUT2D eigenvalue weighted by molar-refractivity contribution is -0.117. The maximum Gasteiger partial charge on any atom is 0.251 e. The van der Waals surface area contributed by atoms with Crippen molar-refractivity contribution in [2.24, 2.45) is 40.4 Å². The first-order valence-electron chi connectivity index (χ1n) is 13.8. The van der Waals surface area contributed by atoms with Crippen LogP contribution in [0.1, 0.15) is 88.9 Å². The standard InChI is InChI=1S/C30H46N2O/c1-20(32(4)5)25-13-14-26-24-12-11-22-19-23(31-28(33)21-9-7-6-8-10-21)15-17-29(22,2)27(24)16-18-30(25,26)3/h6-10,20,22-27H,11-19H2,1-5H3,(H,31,33)/t20-,22-,23+,24+,25+,26-,27+,29+,30-/m1/s1. The molecule has 1 amide bonds. The van der Waals surface area contributed by atoms with E-state index in [0.717, 1.165) is 41.6 Å². The van der Waals surface area contributed by atoms with Crippen molar-refractivity contribution in [3.63, 3.8) is 0 Å². The van der Waals surface area contributed by atoms with Gasteiger partial charge in [0.05, 0.1) is 0 Å². The van der Waals surface area contributed by atoms with Crippen molar-refractivity contribution < 1.29 is 4.79 Å². The van der Waals surface area contributed by atoms with Crippen LogP contribution in [0.3, 0.4) is 0 Å². The summed E-state index contributed by atoms with van der Waals surface area (Å²) in [5.74, 6) is 4.49. The molecule has 9 atom stereocenters. The number of amides is 1. The Morgan fingerprint density at radius 3 is 2.36 bits per heavy atom. The molecule has 33 heavy (non-hydrogen) atoms. The molecule has 0 saturated heterocycles. The predicted octanol–water partition coefficient (Wildman–Crippen LogP) is 6.39. The van der Waals surface area contributed by atoms with Crippen molar-refractivity contribution in [3.05, 3.63) is 35.9 Å². The molecule has 3 nitrogen and oxygen atoms in total. The number of carbonyl (C=O) groups is 1. The summed E-state index contributed by atoms with van der Waals surface area (Å²) in [4.78, 5) is 15.2. The summed E-state index contributed by atoms with van der Waals surface area (Å²) in [6.07, 6.45) is 12.2. The molecule has 0 aromatic heterocycles. The fraction of sp³-hybridized carbons (Fsp3) is 0.767. The third kappa shape index (κ3) is 3.87. The Balaban J connectivity index is 1.27. The second-order valence-corrected chi connectivity index (χ2v) is 12.9. The molecule has 1 aromatic carbocycles. The van der Waals surface area contributed by atoms with Crippen LogP contribution in [0.15, 0.2) is 30.3 Å². The molecule has 0 bridgehead atoms. The fourth-order valence-corrected chi connectivity index (χ4v) is 9.44. The zero-order valence-electron chi connectivity index (χ0n) is 21.6. The molecule has 4 aliphatic carbocycles. The normalized spacial score (nSPS) is 43.3. The van der Waals surface area contributed by atoms with Crippen LogP contribution in [0, 0.1) is 40.4 Å². The monoisotopic (exact) mass is 450 g/mol. The van der Waals surface area contributed by atoms with Gasteiger partial charge in [-0.3, -0.25) is 4.79 Å². The first-order chi connectivity index (χ1) is 15.7. The van der Waals surface area contributed by atoms with E-state index < -0.39 is 0 Å². The molecule has 0 spiro atoms. The number of rotatable bonds is 4. The highest BCUT2D eigenvalue weighted by molar-refractivity contribution is 5.94. The zero-order chi connectivity index (χ0) is 23.4. The SMILES string of the molecule is C[C@H]([C@@H]1CC[C@@H]2[C@@H]3CC[C@@H]4C[C@@H](NC(=O)c5ccccc5)CC[C@]4(C)[C@H]3CC[C@@]21C)N(C)C. The molecule has 182 valence electrons. The lowest BCUT2D eigenvalue weighted by atomic mass is 9.44. The average molecular weight is 451 g/mol. The second kappa shape index (κ2) is 8.70. The molecule has 0 aliphatic heterocycles. The number of hydrogen-bond donors (Lipinski definition) is 1. The Bertz CT molecular complexity index is 852. The molecule has 4 fully saturated rings. The smallest absolute Gasteiger partial charge is 0.251 e. The maximum atomic E-state index is 12.8. The van der Waals surface area contributed by atoms with Gasteiger partial charge in [-0.1, -0.05) is 32.0 Å². The number of hydrogen-bond acceptors (Lipinski definition) is 2. The summed E-state index contributed by atoms with van der Waals surface area (Å²) < 4.78 is 0. The van der Waals surface area contributed by atoms with Crippen molar-refractivity contribution in [2.45, 2.75) is 90.6 Å². The third-order valence-electron chi connectivity index (χ3n) is 11.5. The Labute approximate surface area is 202 Å². The Kier molecular flexibility index (Phi) is 6.17. The largest absolute Gasteiger partial charge is 0.349 e. The minimum absolute atomic E-state index is 0.110. The van der Waals surface area contributed by atoms with E-state index >= 15 is 0 Å². The van der Waals surface area contributed by atoms with Gasteiger partial charge in [-0.15, -0.1) is 0 Å². The molecular weight excluding hydrogens is 404 g/mol. The van der Waals surface area contributed by atoms with Crippen LogP contribution in [0.5, 0.6) is 0 Å².